The van der Waals surface area contributed by atoms with Crippen LogP contribution in [0.3, 0.4) is 0 Å². The molecule has 0 aromatic carbocycles. The van der Waals surface area contributed by atoms with Crippen LogP contribution in [0.2, 0.25) is 18.1 Å². The molecule has 0 aromatic rings. The zero-order valence-electron chi connectivity index (χ0n) is 12.8. The van der Waals surface area contributed by atoms with Gasteiger partial charge in [-0.05, 0) is 67.0 Å². The Balaban J connectivity index is 1.72. The molecule has 4 aliphatic rings. The van der Waals surface area contributed by atoms with Crippen LogP contribution in [0.5, 0.6) is 0 Å². The summed E-state index contributed by atoms with van der Waals surface area (Å²) in [5.74, 6) is 2.25. The highest BCUT2D eigenvalue weighted by Crippen LogP contribution is 2.71. The molecule has 0 spiro atoms. The van der Waals surface area contributed by atoms with Gasteiger partial charge in [0.05, 0.1) is 6.10 Å². The molecule has 0 amide bonds. The quantitative estimate of drug-likeness (QED) is 0.720. The molecule has 0 aromatic heterocycles. The van der Waals surface area contributed by atoms with Crippen LogP contribution < -0.4 is 0 Å². The van der Waals surface area contributed by atoms with Crippen LogP contribution in [0, 0.1) is 23.2 Å². The monoisotopic (exact) mass is 282 g/mol. The summed E-state index contributed by atoms with van der Waals surface area (Å²) in [5, 5.41) is 9.39. The Labute approximate surface area is 119 Å². The number of hydrogen-bond donors (Lipinski definition) is 1. The summed E-state index contributed by atoms with van der Waals surface area (Å²) in [7, 11) is -1.45. The van der Waals surface area contributed by atoms with Gasteiger partial charge in [0.2, 0.25) is 0 Å². The zero-order valence-corrected chi connectivity index (χ0v) is 13.8. The first-order valence-corrected chi connectivity index (χ1v) is 11.0. The van der Waals surface area contributed by atoms with Gasteiger partial charge in [0, 0.05) is 6.61 Å². The third-order valence-corrected chi connectivity index (χ3v) is 11.4. The van der Waals surface area contributed by atoms with Crippen LogP contribution in [0.1, 0.15) is 46.5 Å². The van der Waals surface area contributed by atoms with Gasteiger partial charge in [-0.25, -0.2) is 0 Å². The molecular weight excluding hydrogens is 252 g/mol. The summed E-state index contributed by atoms with van der Waals surface area (Å²) in [6.07, 6.45) is 6.01. The van der Waals surface area contributed by atoms with Gasteiger partial charge in [-0.2, -0.15) is 0 Å². The lowest BCUT2D eigenvalue weighted by Gasteiger charge is -2.52. The van der Waals surface area contributed by atoms with E-state index in [1.54, 1.807) is 0 Å². The van der Waals surface area contributed by atoms with Crippen LogP contribution in [-0.4, -0.2) is 26.1 Å². The van der Waals surface area contributed by atoms with E-state index in [-0.39, 0.29) is 0 Å². The van der Waals surface area contributed by atoms with Crippen LogP contribution in [0.25, 0.3) is 0 Å². The fraction of sp³-hybridized carbons (Fsp3) is 1.00. The normalized spacial score (nSPS) is 44.2. The second kappa shape index (κ2) is 4.85. The molecular formula is C16H30O2Si. The van der Waals surface area contributed by atoms with Crippen molar-refractivity contribution in [3.63, 3.8) is 0 Å². The third kappa shape index (κ3) is 1.96. The fourth-order valence-corrected chi connectivity index (χ4v) is 8.12. The summed E-state index contributed by atoms with van der Waals surface area (Å²) < 4.78 is 6.86. The van der Waals surface area contributed by atoms with E-state index in [9.17, 15) is 5.11 Å². The average Bonchev–Trinajstić information content (AvgIpc) is 2.99. The van der Waals surface area contributed by atoms with Crippen LogP contribution in [0.4, 0.5) is 0 Å². The van der Waals surface area contributed by atoms with E-state index < -0.39 is 8.32 Å². The van der Waals surface area contributed by atoms with Crippen molar-refractivity contribution in [1.29, 1.82) is 0 Å². The van der Waals surface area contributed by atoms with Crippen molar-refractivity contribution in [1.82, 2.24) is 0 Å². The van der Waals surface area contributed by atoms with Crippen molar-refractivity contribution in [3.8, 4) is 0 Å². The molecule has 0 radical (unpaired) electrons. The maximum Gasteiger partial charge on any atom is 0.192 e. The van der Waals surface area contributed by atoms with Crippen molar-refractivity contribution in [3.05, 3.63) is 0 Å². The molecule has 2 nitrogen and oxygen atoms in total. The van der Waals surface area contributed by atoms with Crippen molar-refractivity contribution in [2.75, 3.05) is 6.61 Å². The van der Waals surface area contributed by atoms with Gasteiger partial charge in [-0.3, -0.25) is 0 Å². The molecule has 0 aliphatic heterocycles. The summed E-state index contributed by atoms with van der Waals surface area (Å²) >= 11 is 0. The molecule has 4 fully saturated rings. The number of aliphatic hydroxyl groups excluding tert-OH is 1. The fourth-order valence-electron chi connectivity index (χ4n) is 5.16. The number of aliphatic hydroxyl groups is 1. The minimum absolute atomic E-state index is 0.404. The van der Waals surface area contributed by atoms with E-state index in [2.05, 4.69) is 20.8 Å². The van der Waals surface area contributed by atoms with E-state index >= 15 is 0 Å². The molecule has 2 bridgehead atoms. The maximum absolute atomic E-state index is 9.39. The Morgan fingerprint density at radius 1 is 1.21 bits per heavy atom. The van der Waals surface area contributed by atoms with Gasteiger partial charge in [-0.15, -0.1) is 0 Å². The maximum atomic E-state index is 9.39. The highest BCUT2D eigenvalue weighted by molar-refractivity contribution is 6.73. The summed E-state index contributed by atoms with van der Waals surface area (Å²) in [4.78, 5) is 0. The molecule has 1 N–H and O–H groups in total. The Morgan fingerprint density at radius 3 is 2.37 bits per heavy atom. The van der Waals surface area contributed by atoms with Gasteiger partial charge in [-0.1, -0.05) is 20.8 Å². The van der Waals surface area contributed by atoms with Crippen LogP contribution in [0.15, 0.2) is 0 Å². The highest BCUT2D eigenvalue weighted by atomic mass is 28.4. The third-order valence-electron chi connectivity index (χ3n) is 6.82. The Bertz CT molecular complexity index is 329. The smallest absolute Gasteiger partial charge is 0.192 e. The minimum atomic E-state index is -1.45. The first kappa shape index (κ1) is 14.1. The first-order valence-electron chi connectivity index (χ1n) is 8.43. The molecule has 0 saturated heterocycles. The Kier molecular flexibility index (Phi) is 3.60. The van der Waals surface area contributed by atoms with Gasteiger partial charge in [0.25, 0.3) is 0 Å². The first-order chi connectivity index (χ1) is 9.14. The lowest BCUT2D eigenvalue weighted by atomic mass is 9.63. The molecule has 4 aliphatic carbocycles. The van der Waals surface area contributed by atoms with E-state index in [1.807, 2.05) is 0 Å². The molecule has 3 heteroatoms. The largest absolute Gasteiger partial charge is 0.413 e. The number of rotatable bonds is 7. The van der Waals surface area contributed by atoms with Crippen molar-refractivity contribution in [2.45, 2.75) is 70.7 Å². The van der Waals surface area contributed by atoms with Gasteiger partial charge in [0.1, 0.15) is 0 Å². The van der Waals surface area contributed by atoms with E-state index in [0.29, 0.717) is 24.0 Å². The molecule has 1 unspecified atom stereocenters. The summed E-state index contributed by atoms with van der Waals surface area (Å²) in [6.45, 7) is 7.40. The van der Waals surface area contributed by atoms with E-state index in [1.165, 1.54) is 43.8 Å². The SMILES string of the molecule is CC[Si](CC)(CC)OC1[C@@H]2CC[C@@]1([C@H]1C[C@@H]1CO)C2. The molecule has 0 heterocycles. The Hall–Kier alpha value is 0.137. The average molecular weight is 282 g/mol. The second-order valence-electron chi connectivity index (χ2n) is 7.30. The van der Waals surface area contributed by atoms with Crippen LogP contribution in [-0.2, 0) is 4.43 Å². The van der Waals surface area contributed by atoms with Gasteiger partial charge < -0.3 is 9.53 Å². The topological polar surface area (TPSA) is 29.5 Å². The number of fused-ring (bicyclic) bond motifs is 1. The highest BCUT2D eigenvalue weighted by Gasteiger charge is 2.68. The lowest BCUT2D eigenvalue weighted by molar-refractivity contribution is -0.0753. The standard InChI is InChI=1S/C16H30O2Si/c1-4-19(5-2,6-3)18-15-12-7-8-16(15,10-12)14-9-13(14)11-17/h12-15,17H,4-11H2,1-3H3/t12-,13-,14+,15?,16+/m1/s1. The summed E-state index contributed by atoms with van der Waals surface area (Å²) in [5.41, 5.74) is 0.496. The van der Waals surface area contributed by atoms with Crippen molar-refractivity contribution < 1.29 is 9.53 Å². The van der Waals surface area contributed by atoms with E-state index in [4.69, 9.17) is 4.43 Å². The minimum Gasteiger partial charge on any atom is -0.413 e. The van der Waals surface area contributed by atoms with E-state index in [0.717, 1.165) is 11.8 Å². The van der Waals surface area contributed by atoms with Crippen molar-refractivity contribution in [2.24, 2.45) is 23.2 Å². The molecule has 4 rings (SSSR count). The van der Waals surface area contributed by atoms with Gasteiger partial charge in [0.15, 0.2) is 8.32 Å². The molecule has 4 saturated carbocycles. The lowest BCUT2D eigenvalue weighted by Crippen LogP contribution is -2.55. The predicted molar refractivity (Wildman–Crippen MR) is 80.5 cm³/mol. The summed E-state index contributed by atoms with van der Waals surface area (Å²) in [6, 6.07) is 3.81. The number of hydrogen-bond acceptors (Lipinski definition) is 2. The zero-order chi connectivity index (χ0) is 13.7. The Morgan fingerprint density at radius 2 is 1.89 bits per heavy atom. The second-order valence-corrected chi connectivity index (χ2v) is 12.0. The van der Waals surface area contributed by atoms with Crippen molar-refractivity contribution >= 4 is 8.32 Å². The molecule has 110 valence electrons. The van der Waals surface area contributed by atoms with Gasteiger partial charge >= 0.3 is 0 Å². The molecule has 5 atom stereocenters. The van der Waals surface area contributed by atoms with Crippen LogP contribution >= 0.6 is 0 Å². The molecule has 19 heavy (non-hydrogen) atoms. The predicted octanol–water partition coefficient (Wildman–Crippen LogP) is 3.81.